The maximum atomic E-state index is 13.0. The first-order chi connectivity index (χ1) is 17.0. The SMILES string of the molecule is CC.CCn1cccc(C(=O)NC2C[C@H](c3cccnc3)N(c3ccc4ncc(C)n4n3)C2)c1=O.[HH]. The summed E-state index contributed by atoms with van der Waals surface area (Å²) in [5.41, 5.74) is 2.66. The van der Waals surface area contributed by atoms with Crippen molar-refractivity contribution in [2.75, 3.05) is 11.4 Å². The first-order valence-electron chi connectivity index (χ1n) is 12.0. The zero-order valence-electron chi connectivity index (χ0n) is 20.5. The predicted molar refractivity (Wildman–Crippen MR) is 138 cm³/mol. The molecular weight excluding hydrogens is 442 g/mol. The third kappa shape index (κ3) is 4.80. The Morgan fingerprint density at radius 3 is 2.74 bits per heavy atom. The number of hydrogen-bond donors (Lipinski definition) is 1. The fourth-order valence-corrected chi connectivity index (χ4v) is 4.44. The van der Waals surface area contributed by atoms with Gasteiger partial charge >= 0.3 is 0 Å². The molecule has 1 fully saturated rings. The molecule has 1 N–H and O–H groups in total. The summed E-state index contributed by atoms with van der Waals surface area (Å²) in [6.45, 7) is 8.92. The van der Waals surface area contributed by atoms with E-state index in [-0.39, 0.29) is 30.5 Å². The first kappa shape index (κ1) is 24.1. The number of nitrogens with zero attached hydrogens (tertiary/aromatic N) is 6. The standard InChI is InChI=1S/C24H25N7O2.C2H6.H2/c1-3-29-11-5-7-19(24(29)33)23(32)27-18-12-20(17-6-4-10-25-14-17)30(15-18)22-9-8-21-26-13-16(2)31(21)28-22;1-2;/h4-11,13-14,18,20H,3,12,15H2,1-2H3,(H,27,32);1-2H3;1H/t18?,20-;;/m1../s1. The van der Waals surface area contributed by atoms with Crippen LogP contribution in [0.15, 0.2) is 66.0 Å². The number of anilines is 1. The van der Waals surface area contributed by atoms with E-state index in [4.69, 9.17) is 5.10 Å². The van der Waals surface area contributed by atoms with Gasteiger partial charge in [-0.05, 0) is 56.2 Å². The van der Waals surface area contributed by atoms with Crippen LogP contribution in [0.25, 0.3) is 5.65 Å². The fourth-order valence-electron chi connectivity index (χ4n) is 4.44. The van der Waals surface area contributed by atoms with Gasteiger partial charge in [0.15, 0.2) is 5.65 Å². The zero-order valence-corrected chi connectivity index (χ0v) is 20.5. The summed E-state index contributed by atoms with van der Waals surface area (Å²) in [6, 6.07) is 11.0. The molecular formula is C26H33N7O2. The highest BCUT2D eigenvalue weighted by atomic mass is 16.2. The van der Waals surface area contributed by atoms with Crippen LogP contribution in [0.4, 0.5) is 5.82 Å². The Hall–Kier alpha value is -4.01. The topological polar surface area (TPSA) is 97.4 Å². The Kier molecular flexibility index (Phi) is 7.24. The number of fused-ring (bicyclic) bond motifs is 1. The van der Waals surface area contributed by atoms with Gasteiger partial charge in [0.2, 0.25) is 0 Å². The molecule has 0 aliphatic carbocycles. The minimum atomic E-state index is -0.353. The van der Waals surface area contributed by atoms with E-state index in [0.717, 1.165) is 22.7 Å². The molecule has 184 valence electrons. The molecule has 9 nitrogen and oxygen atoms in total. The molecule has 1 aliphatic heterocycles. The molecule has 2 atom stereocenters. The van der Waals surface area contributed by atoms with Crippen molar-refractivity contribution in [2.24, 2.45) is 0 Å². The Labute approximate surface area is 205 Å². The summed E-state index contributed by atoms with van der Waals surface area (Å²) in [6.07, 6.45) is 7.75. The Morgan fingerprint density at radius 2 is 2.00 bits per heavy atom. The summed E-state index contributed by atoms with van der Waals surface area (Å²) in [5.74, 6) is 0.440. The number of amides is 1. The summed E-state index contributed by atoms with van der Waals surface area (Å²) in [5, 5.41) is 7.86. The second-order valence-electron chi connectivity index (χ2n) is 8.23. The van der Waals surface area contributed by atoms with Gasteiger partial charge in [-0.3, -0.25) is 14.6 Å². The zero-order chi connectivity index (χ0) is 24.9. The molecule has 0 saturated carbocycles. The van der Waals surface area contributed by atoms with E-state index in [1.807, 2.05) is 62.7 Å². The van der Waals surface area contributed by atoms with Gasteiger partial charge in [-0.15, -0.1) is 5.10 Å². The molecule has 9 heteroatoms. The van der Waals surface area contributed by atoms with Gasteiger partial charge < -0.3 is 14.8 Å². The van der Waals surface area contributed by atoms with Gasteiger partial charge in [-0.25, -0.2) is 9.50 Å². The molecule has 4 aromatic heterocycles. The first-order valence-corrected chi connectivity index (χ1v) is 12.0. The van der Waals surface area contributed by atoms with E-state index in [0.29, 0.717) is 19.5 Å². The molecule has 1 aliphatic rings. The number of imidazole rings is 1. The van der Waals surface area contributed by atoms with Crippen molar-refractivity contribution < 1.29 is 6.22 Å². The molecule has 1 amide bonds. The van der Waals surface area contributed by atoms with Gasteiger partial charge in [-0.1, -0.05) is 19.9 Å². The van der Waals surface area contributed by atoms with Crippen LogP contribution in [0.5, 0.6) is 0 Å². The number of aromatic nitrogens is 5. The summed E-state index contributed by atoms with van der Waals surface area (Å²) in [4.78, 5) is 36.4. The number of carbonyl (C=O) groups is 1. The minimum absolute atomic E-state index is 0. The average Bonchev–Trinajstić information content (AvgIpc) is 3.49. The van der Waals surface area contributed by atoms with E-state index < -0.39 is 0 Å². The molecule has 0 radical (unpaired) electrons. The third-order valence-corrected chi connectivity index (χ3v) is 6.12. The van der Waals surface area contributed by atoms with Crippen LogP contribution >= 0.6 is 0 Å². The number of nitrogens with one attached hydrogen (secondary N) is 1. The highest BCUT2D eigenvalue weighted by Crippen LogP contribution is 2.35. The molecule has 1 saturated heterocycles. The lowest BCUT2D eigenvalue weighted by Crippen LogP contribution is -2.40. The largest absolute Gasteiger partial charge is 0.347 e. The molecule has 4 aromatic rings. The van der Waals surface area contributed by atoms with E-state index in [9.17, 15) is 9.59 Å². The highest BCUT2D eigenvalue weighted by Gasteiger charge is 2.35. The summed E-state index contributed by atoms with van der Waals surface area (Å²) < 4.78 is 3.35. The maximum Gasteiger partial charge on any atom is 0.263 e. The number of pyridine rings is 2. The molecule has 1 unspecified atom stereocenters. The lowest BCUT2D eigenvalue weighted by Gasteiger charge is -2.25. The molecule has 0 bridgehead atoms. The molecule has 35 heavy (non-hydrogen) atoms. The predicted octanol–water partition coefficient (Wildman–Crippen LogP) is 3.64. The van der Waals surface area contributed by atoms with Gasteiger partial charge in [0.1, 0.15) is 11.4 Å². The number of carbonyl (C=O) groups excluding carboxylic acids is 1. The van der Waals surface area contributed by atoms with Crippen LogP contribution in [0, 0.1) is 6.92 Å². The fraction of sp³-hybridized carbons (Fsp3) is 0.346. The maximum absolute atomic E-state index is 13.0. The van der Waals surface area contributed by atoms with Crippen molar-refractivity contribution in [3.63, 3.8) is 0 Å². The molecule has 5 rings (SSSR count). The second-order valence-corrected chi connectivity index (χ2v) is 8.23. The quantitative estimate of drug-likeness (QED) is 0.473. The normalized spacial score (nSPS) is 17.2. The monoisotopic (exact) mass is 475 g/mol. The molecule has 5 heterocycles. The highest BCUT2D eigenvalue weighted by molar-refractivity contribution is 5.94. The van der Waals surface area contributed by atoms with Crippen molar-refractivity contribution in [3.8, 4) is 0 Å². The molecule has 0 aromatic carbocycles. The van der Waals surface area contributed by atoms with Gasteiger partial charge in [-0.2, -0.15) is 0 Å². The Bertz CT molecular complexity index is 1370. The van der Waals surface area contributed by atoms with Crippen LogP contribution in [0.2, 0.25) is 0 Å². The van der Waals surface area contributed by atoms with Crippen LogP contribution in [-0.4, -0.2) is 42.6 Å². The Morgan fingerprint density at radius 1 is 1.17 bits per heavy atom. The van der Waals surface area contributed by atoms with Crippen LogP contribution < -0.4 is 15.8 Å². The summed E-state index contributed by atoms with van der Waals surface area (Å²) >= 11 is 0. The van der Waals surface area contributed by atoms with E-state index in [2.05, 4.69) is 20.2 Å². The van der Waals surface area contributed by atoms with Crippen molar-refractivity contribution in [1.82, 2.24) is 29.5 Å². The minimum Gasteiger partial charge on any atom is -0.347 e. The van der Waals surface area contributed by atoms with Gasteiger partial charge in [0.25, 0.3) is 11.5 Å². The summed E-state index contributed by atoms with van der Waals surface area (Å²) in [7, 11) is 0. The van der Waals surface area contributed by atoms with Crippen LogP contribution in [0.3, 0.4) is 0 Å². The van der Waals surface area contributed by atoms with Crippen LogP contribution in [0.1, 0.15) is 56.3 Å². The van der Waals surface area contributed by atoms with E-state index in [1.165, 1.54) is 4.57 Å². The second kappa shape index (κ2) is 10.5. The third-order valence-electron chi connectivity index (χ3n) is 6.12. The molecule has 0 spiro atoms. The van der Waals surface area contributed by atoms with Crippen molar-refractivity contribution in [1.29, 1.82) is 0 Å². The van der Waals surface area contributed by atoms with Crippen molar-refractivity contribution in [3.05, 3.63) is 88.4 Å². The van der Waals surface area contributed by atoms with Crippen LogP contribution in [-0.2, 0) is 6.54 Å². The lowest BCUT2D eigenvalue weighted by atomic mass is 10.0. The Balaban J connectivity index is 0.00000117. The van der Waals surface area contributed by atoms with Crippen molar-refractivity contribution in [2.45, 2.75) is 52.7 Å². The van der Waals surface area contributed by atoms with Gasteiger partial charge in [0, 0.05) is 39.1 Å². The van der Waals surface area contributed by atoms with E-state index in [1.54, 1.807) is 30.7 Å². The van der Waals surface area contributed by atoms with Crippen molar-refractivity contribution >= 4 is 17.4 Å². The number of aryl methyl sites for hydroxylation is 2. The average molecular weight is 476 g/mol. The lowest BCUT2D eigenvalue weighted by molar-refractivity contribution is 0.0937. The smallest absolute Gasteiger partial charge is 0.263 e. The van der Waals surface area contributed by atoms with Gasteiger partial charge in [0.05, 0.1) is 17.9 Å². The number of rotatable bonds is 5. The number of hydrogen-bond acceptors (Lipinski definition) is 6. The van der Waals surface area contributed by atoms with E-state index >= 15 is 0 Å².